The molecule has 0 radical (unpaired) electrons. The molecule has 2 aliphatic rings. The monoisotopic (exact) mass is 173 g/mol. The van der Waals surface area contributed by atoms with E-state index in [9.17, 15) is 4.79 Å². The van der Waals surface area contributed by atoms with Crippen molar-refractivity contribution < 1.29 is 4.79 Å². The highest BCUT2D eigenvalue weighted by atomic mass is 16.1. The summed E-state index contributed by atoms with van der Waals surface area (Å²) in [6.07, 6.45) is 2.10. The van der Waals surface area contributed by atoms with Crippen molar-refractivity contribution in [2.45, 2.75) is 24.9 Å². The first-order valence-corrected chi connectivity index (χ1v) is 4.75. The Morgan fingerprint density at radius 2 is 1.92 bits per heavy atom. The molecule has 2 aliphatic heterocycles. The van der Waals surface area contributed by atoms with Gasteiger partial charge in [-0.2, -0.15) is 0 Å². The van der Waals surface area contributed by atoms with Crippen LogP contribution in [-0.4, -0.2) is 11.8 Å². The fraction of sp³-hybridized carbons (Fsp3) is 0.364. The summed E-state index contributed by atoms with van der Waals surface area (Å²) < 4.78 is 0. The Morgan fingerprint density at radius 3 is 2.85 bits per heavy atom. The van der Waals surface area contributed by atoms with Gasteiger partial charge in [0, 0.05) is 11.6 Å². The van der Waals surface area contributed by atoms with Crippen LogP contribution in [0.5, 0.6) is 0 Å². The van der Waals surface area contributed by atoms with Crippen molar-refractivity contribution in [2.24, 2.45) is 0 Å². The molecule has 1 aromatic rings. The van der Waals surface area contributed by atoms with Gasteiger partial charge in [-0.25, -0.2) is 0 Å². The van der Waals surface area contributed by atoms with E-state index < -0.39 is 0 Å². The predicted molar refractivity (Wildman–Crippen MR) is 49.7 cm³/mol. The number of nitrogens with one attached hydrogen (secondary N) is 1. The second-order valence-electron chi connectivity index (χ2n) is 3.80. The molecule has 1 N–H and O–H groups in total. The molecule has 66 valence electrons. The topological polar surface area (TPSA) is 29.1 Å². The van der Waals surface area contributed by atoms with Crippen LogP contribution in [0.1, 0.15) is 34.8 Å². The largest absolute Gasteiger partial charge is 0.300 e. The van der Waals surface area contributed by atoms with Crippen LogP contribution in [0.15, 0.2) is 24.3 Å². The molecule has 2 atom stereocenters. The van der Waals surface area contributed by atoms with E-state index in [1.165, 1.54) is 5.56 Å². The van der Waals surface area contributed by atoms with Gasteiger partial charge in [0.15, 0.2) is 5.78 Å². The molecule has 3 rings (SSSR count). The van der Waals surface area contributed by atoms with Gasteiger partial charge in [0.2, 0.25) is 0 Å². The first-order valence-electron chi connectivity index (χ1n) is 4.75. The van der Waals surface area contributed by atoms with E-state index in [4.69, 9.17) is 0 Å². The van der Waals surface area contributed by atoms with Crippen LogP contribution < -0.4 is 5.32 Å². The standard InChI is InChI=1S/C11H11NO/c13-11-8-4-2-1-3-7(8)9-5-6-10(11)12-9/h1-4,9-10,12H,5-6H2. The third-order valence-electron chi connectivity index (χ3n) is 3.06. The number of hydrogen-bond acceptors (Lipinski definition) is 2. The van der Waals surface area contributed by atoms with Crippen molar-refractivity contribution in [3.05, 3.63) is 35.4 Å². The number of benzene rings is 1. The molecule has 0 spiro atoms. The maximum Gasteiger partial charge on any atom is 0.180 e. The highest BCUT2D eigenvalue weighted by Gasteiger charge is 2.37. The van der Waals surface area contributed by atoms with Crippen LogP contribution in [0.2, 0.25) is 0 Å². The Kier molecular flexibility index (Phi) is 1.35. The lowest BCUT2D eigenvalue weighted by Gasteiger charge is -2.22. The molecule has 2 heterocycles. The zero-order valence-corrected chi connectivity index (χ0v) is 7.29. The van der Waals surface area contributed by atoms with Gasteiger partial charge in [0.25, 0.3) is 0 Å². The molecule has 0 aliphatic carbocycles. The van der Waals surface area contributed by atoms with Crippen LogP contribution in [0, 0.1) is 0 Å². The SMILES string of the molecule is O=C1c2ccccc2C2CCC1N2. The second-order valence-corrected chi connectivity index (χ2v) is 3.80. The molecule has 13 heavy (non-hydrogen) atoms. The van der Waals surface area contributed by atoms with Gasteiger partial charge in [0.1, 0.15) is 0 Å². The Morgan fingerprint density at radius 1 is 1.15 bits per heavy atom. The number of rotatable bonds is 0. The molecule has 2 unspecified atom stereocenters. The normalized spacial score (nSPS) is 30.3. The highest BCUT2D eigenvalue weighted by molar-refractivity contribution is 6.03. The number of hydrogen-bond donors (Lipinski definition) is 1. The number of fused-ring (bicyclic) bond motifs is 4. The summed E-state index contributed by atoms with van der Waals surface area (Å²) in [6.45, 7) is 0. The van der Waals surface area contributed by atoms with Gasteiger partial charge in [-0.3, -0.25) is 4.79 Å². The summed E-state index contributed by atoms with van der Waals surface area (Å²) in [5, 5.41) is 3.35. The molecular formula is C11H11NO. The molecule has 2 bridgehead atoms. The third kappa shape index (κ3) is 0.893. The fourth-order valence-corrected chi connectivity index (χ4v) is 2.41. The van der Waals surface area contributed by atoms with Crippen LogP contribution in [0.3, 0.4) is 0 Å². The van der Waals surface area contributed by atoms with Gasteiger partial charge in [-0.1, -0.05) is 24.3 Å². The van der Waals surface area contributed by atoms with E-state index >= 15 is 0 Å². The van der Waals surface area contributed by atoms with Gasteiger partial charge in [-0.15, -0.1) is 0 Å². The molecule has 0 amide bonds. The molecule has 1 fully saturated rings. The van der Waals surface area contributed by atoms with Gasteiger partial charge in [0.05, 0.1) is 6.04 Å². The zero-order valence-electron chi connectivity index (χ0n) is 7.29. The molecule has 0 aromatic heterocycles. The first-order chi connectivity index (χ1) is 6.36. The fourth-order valence-electron chi connectivity index (χ4n) is 2.41. The smallest absolute Gasteiger partial charge is 0.180 e. The van der Waals surface area contributed by atoms with Gasteiger partial charge in [-0.05, 0) is 18.4 Å². The third-order valence-corrected chi connectivity index (χ3v) is 3.06. The maximum absolute atomic E-state index is 11.8. The van der Waals surface area contributed by atoms with E-state index in [2.05, 4.69) is 11.4 Å². The minimum Gasteiger partial charge on any atom is -0.300 e. The number of carbonyl (C=O) groups excluding carboxylic acids is 1. The molecule has 1 aromatic carbocycles. The van der Waals surface area contributed by atoms with Crippen molar-refractivity contribution in [1.29, 1.82) is 0 Å². The first kappa shape index (κ1) is 7.27. The van der Waals surface area contributed by atoms with E-state index in [-0.39, 0.29) is 11.8 Å². The molecule has 2 heteroatoms. The average molecular weight is 173 g/mol. The number of Topliss-reactive ketones (excluding diaryl/α,β-unsaturated/α-hetero) is 1. The van der Waals surface area contributed by atoms with Crippen LogP contribution in [0.4, 0.5) is 0 Å². The summed E-state index contributed by atoms with van der Waals surface area (Å²) in [5.41, 5.74) is 2.13. The minimum atomic E-state index is 0.0971. The summed E-state index contributed by atoms with van der Waals surface area (Å²) in [7, 11) is 0. The van der Waals surface area contributed by atoms with Crippen molar-refractivity contribution in [3.8, 4) is 0 Å². The van der Waals surface area contributed by atoms with E-state index in [1.54, 1.807) is 0 Å². The van der Waals surface area contributed by atoms with E-state index in [0.29, 0.717) is 6.04 Å². The van der Waals surface area contributed by atoms with Crippen LogP contribution in [0.25, 0.3) is 0 Å². The number of carbonyl (C=O) groups is 1. The molecule has 0 saturated carbocycles. The lowest BCUT2D eigenvalue weighted by Crippen LogP contribution is -2.37. The summed E-state index contributed by atoms with van der Waals surface area (Å²) >= 11 is 0. The molecular weight excluding hydrogens is 162 g/mol. The maximum atomic E-state index is 11.8. The lowest BCUT2D eigenvalue weighted by molar-refractivity contribution is 0.0941. The van der Waals surface area contributed by atoms with Crippen molar-refractivity contribution in [2.75, 3.05) is 0 Å². The minimum absolute atomic E-state index is 0.0971. The average Bonchev–Trinajstić information content (AvgIpc) is 2.61. The number of ketones is 1. The Labute approximate surface area is 77.0 Å². The quantitative estimate of drug-likeness (QED) is 0.646. The predicted octanol–water partition coefficient (Wildman–Crippen LogP) is 1.68. The van der Waals surface area contributed by atoms with Crippen molar-refractivity contribution in [1.82, 2.24) is 5.32 Å². The summed E-state index contributed by atoms with van der Waals surface area (Å²) in [6, 6.07) is 8.49. The van der Waals surface area contributed by atoms with Gasteiger partial charge >= 0.3 is 0 Å². The highest BCUT2D eigenvalue weighted by Crippen LogP contribution is 2.35. The van der Waals surface area contributed by atoms with Crippen LogP contribution >= 0.6 is 0 Å². The van der Waals surface area contributed by atoms with E-state index in [0.717, 1.165) is 18.4 Å². The molecule has 2 nitrogen and oxygen atoms in total. The lowest BCUT2D eigenvalue weighted by atomic mass is 9.94. The van der Waals surface area contributed by atoms with Gasteiger partial charge < -0.3 is 5.32 Å². The van der Waals surface area contributed by atoms with Crippen molar-refractivity contribution in [3.63, 3.8) is 0 Å². The Hall–Kier alpha value is -1.15. The Bertz CT molecular complexity index is 372. The van der Waals surface area contributed by atoms with Crippen LogP contribution in [-0.2, 0) is 0 Å². The Balaban J connectivity index is 2.22. The van der Waals surface area contributed by atoms with Crippen molar-refractivity contribution >= 4 is 5.78 Å². The summed E-state index contributed by atoms with van der Waals surface area (Å²) in [5.74, 6) is 0.282. The summed E-state index contributed by atoms with van der Waals surface area (Å²) in [4.78, 5) is 11.8. The second kappa shape index (κ2) is 2.42. The molecule has 1 saturated heterocycles. The zero-order chi connectivity index (χ0) is 8.84. The van der Waals surface area contributed by atoms with E-state index in [1.807, 2.05) is 18.2 Å².